The van der Waals surface area contributed by atoms with Crippen LogP contribution < -0.4 is 11.1 Å². The molecular formula is C13H13N3O2. The van der Waals surface area contributed by atoms with Crippen LogP contribution in [0.1, 0.15) is 16.1 Å². The maximum absolute atomic E-state index is 11.1. The van der Waals surface area contributed by atoms with Crippen LogP contribution in [0.2, 0.25) is 0 Å². The number of carboxylic acids is 1. The number of nitrogens with one attached hydrogen (secondary N) is 1. The van der Waals surface area contributed by atoms with Gasteiger partial charge in [0.05, 0.1) is 17.8 Å². The van der Waals surface area contributed by atoms with Crippen molar-refractivity contribution >= 4 is 17.3 Å². The molecule has 0 saturated carbocycles. The summed E-state index contributed by atoms with van der Waals surface area (Å²) in [5.41, 5.74) is 7.52. The zero-order chi connectivity index (χ0) is 13.0. The van der Waals surface area contributed by atoms with Crippen LogP contribution in [0.3, 0.4) is 0 Å². The number of nitrogens with zero attached hydrogens (tertiary/aromatic N) is 1. The predicted octanol–water partition coefficient (Wildman–Crippen LogP) is 1.97. The highest BCUT2D eigenvalue weighted by atomic mass is 16.4. The Morgan fingerprint density at radius 3 is 2.83 bits per heavy atom. The molecule has 0 radical (unpaired) electrons. The number of nitrogen functional groups attached to an aromatic ring is 1. The van der Waals surface area contributed by atoms with Gasteiger partial charge in [0.1, 0.15) is 0 Å². The third-order valence-corrected chi connectivity index (χ3v) is 2.46. The van der Waals surface area contributed by atoms with Gasteiger partial charge < -0.3 is 16.2 Å². The fourth-order valence-corrected chi connectivity index (χ4v) is 1.58. The lowest BCUT2D eigenvalue weighted by Crippen LogP contribution is -2.07. The van der Waals surface area contributed by atoms with Crippen molar-refractivity contribution in [1.82, 2.24) is 4.98 Å². The van der Waals surface area contributed by atoms with Gasteiger partial charge in [-0.25, -0.2) is 4.79 Å². The van der Waals surface area contributed by atoms with Crippen molar-refractivity contribution in [3.63, 3.8) is 0 Å². The van der Waals surface area contributed by atoms with Crippen LogP contribution in [-0.4, -0.2) is 16.1 Å². The first-order valence-electron chi connectivity index (χ1n) is 5.43. The van der Waals surface area contributed by atoms with Gasteiger partial charge in [0, 0.05) is 17.6 Å². The van der Waals surface area contributed by atoms with Gasteiger partial charge >= 0.3 is 5.97 Å². The number of benzene rings is 1. The molecule has 0 aliphatic carbocycles. The van der Waals surface area contributed by atoms with E-state index >= 15 is 0 Å². The number of nitrogens with two attached hydrogens (primary N) is 1. The topological polar surface area (TPSA) is 88.2 Å². The number of carbonyl (C=O) groups is 1. The Labute approximate surface area is 104 Å². The van der Waals surface area contributed by atoms with E-state index in [1.54, 1.807) is 18.3 Å². The zero-order valence-electron chi connectivity index (χ0n) is 9.63. The fourth-order valence-electron chi connectivity index (χ4n) is 1.58. The molecule has 2 rings (SSSR count). The van der Waals surface area contributed by atoms with E-state index in [0.717, 1.165) is 5.69 Å². The molecule has 0 unspecified atom stereocenters. The lowest BCUT2D eigenvalue weighted by molar-refractivity contribution is 0.0698. The number of anilines is 2. The average Bonchev–Trinajstić information content (AvgIpc) is 2.38. The average molecular weight is 243 g/mol. The molecule has 2 aromatic rings. The van der Waals surface area contributed by atoms with E-state index in [1.807, 2.05) is 18.2 Å². The Kier molecular flexibility index (Phi) is 3.43. The number of carboxylic acid groups (broad SMARTS) is 1. The van der Waals surface area contributed by atoms with Gasteiger partial charge in [-0.05, 0) is 30.3 Å². The summed E-state index contributed by atoms with van der Waals surface area (Å²) < 4.78 is 0. The molecule has 0 fully saturated rings. The molecule has 5 heteroatoms. The summed E-state index contributed by atoms with van der Waals surface area (Å²) in [6.07, 6.45) is 1.69. The van der Waals surface area contributed by atoms with Gasteiger partial charge in [-0.1, -0.05) is 6.07 Å². The Bertz CT molecular complexity index is 555. The van der Waals surface area contributed by atoms with Crippen LogP contribution >= 0.6 is 0 Å². The van der Waals surface area contributed by atoms with E-state index in [4.69, 9.17) is 10.8 Å². The summed E-state index contributed by atoms with van der Waals surface area (Å²) in [5.74, 6) is -1.01. The molecular weight excluding hydrogens is 230 g/mol. The quantitative estimate of drug-likeness (QED) is 0.714. The fraction of sp³-hybridized carbons (Fsp3) is 0.0769. The minimum absolute atomic E-state index is 0.158. The summed E-state index contributed by atoms with van der Waals surface area (Å²) in [6, 6.07) is 10.3. The standard InChI is InChI=1S/C13H13N3O2/c14-9-4-5-12(11(7-9)13(17)18)16-8-10-3-1-2-6-15-10/h1-7,16H,8,14H2,(H,17,18). The van der Waals surface area contributed by atoms with Crippen molar-refractivity contribution in [3.05, 3.63) is 53.9 Å². The molecule has 4 N–H and O–H groups in total. The highest BCUT2D eigenvalue weighted by molar-refractivity contribution is 5.95. The van der Waals surface area contributed by atoms with Crippen LogP contribution in [0.25, 0.3) is 0 Å². The third-order valence-electron chi connectivity index (χ3n) is 2.46. The van der Waals surface area contributed by atoms with Crippen LogP contribution in [0.15, 0.2) is 42.6 Å². The maximum Gasteiger partial charge on any atom is 0.337 e. The Morgan fingerprint density at radius 2 is 2.17 bits per heavy atom. The van der Waals surface area contributed by atoms with Gasteiger partial charge in [-0.2, -0.15) is 0 Å². The first kappa shape index (κ1) is 11.9. The van der Waals surface area contributed by atoms with Crippen LogP contribution in [0, 0.1) is 0 Å². The molecule has 0 spiro atoms. The normalized spacial score (nSPS) is 10.0. The van der Waals surface area contributed by atoms with E-state index in [1.165, 1.54) is 6.07 Å². The molecule has 1 aromatic heterocycles. The van der Waals surface area contributed by atoms with Crippen molar-refractivity contribution < 1.29 is 9.90 Å². The highest BCUT2D eigenvalue weighted by Gasteiger charge is 2.10. The summed E-state index contributed by atoms with van der Waals surface area (Å²) in [4.78, 5) is 15.2. The number of pyridine rings is 1. The maximum atomic E-state index is 11.1. The zero-order valence-corrected chi connectivity index (χ0v) is 9.63. The summed E-state index contributed by atoms with van der Waals surface area (Å²) in [7, 11) is 0. The highest BCUT2D eigenvalue weighted by Crippen LogP contribution is 2.19. The largest absolute Gasteiger partial charge is 0.478 e. The molecule has 1 heterocycles. The first-order valence-corrected chi connectivity index (χ1v) is 5.43. The minimum atomic E-state index is -1.01. The number of aromatic nitrogens is 1. The van der Waals surface area contributed by atoms with Crippen molar-refractivity contribution in [1.29, 1.82) is 0 Å². The number of aromatic carboxylic acids is 1. The SMILES string of the molecule is Nc1ccc(NCc2ccccn2)c(C(=O)O)c1. The summed E-state index contributed by atoms with van der Waals surface area (Å²) in [6.45, 7) is 0.463. The number of hydrogen-bond acceptors (Lipinski definition) is 4. The second-order valence-corrected chi connectivity index (χ2v) is 3.78. The Hall–Kier alpha value is -2.56. The molecule has 0 aliphatic heterocycles. The second-order valence-electron chi connectivity index (χ2n) is 3.78. The van der Waals surface area contributed by atoms with E-state index in [-0.39, 0.29) is 5.56 Å². The van der Waals surface area contributed by atoms with Crippen molar-refractivity contribution in [2.24, 2.45) is 0 Å². The number of hydrogen-bond donors (Lipinski definition) is 3. The molecule has 0 aliphatic rings. The predicted molar refractivity (Wildman–Crippen MR) is 69.4 cm³/mol. The Morgan fingerprint density at radius 1 is 1.33 bits per heavy atom. The first-order chi connectivity index (χ1) is 8.66. The number of rotatable bonds is 4. The van der Waals surface area contributed by atoms with Crippen molar-refractivity contribution in [3.8, 4) is 0 Å². The van der Waals surface area contributed by atoms with E-state index in [2.05, 4.69) is 10.3 Å². The lowest BCUT2D eigenvalue weighted by Gasteiger charge is -2.09. The van der Waals surface area contributed by atoms with Gasteiger partial charge in [0.25, 0.3) is 0 Å². The smallest absolute Gasteiger partial charge is 0.337 e. The molecule has 18 heavy (non-hydrogen) atoms. The van der Waals surface area contributed by atoms with Crippen LogP contribution in [0.5, 0.6) is 0 Å². The monoisotopic (exact) mass is 243 g/mol. The third kappa shape index (κ3) is 2.76. The van der Waals surface area contributed by atoms with E-state index in [9.17, 15) is 4.79 Å². The van der Waals surface area contributed by atoms with Gasteiger partial charge in [-0.3, -0.25) is 4.98 Å². The van der Waals surface area contributed by atoms with Crippen molar-refractivity contribution in [2.75, 3.05) is 11.1 Å². The van der Waals surface area contributed by atoms with Crippen molar-refractivity contribution in [2.45, 2.75) is 6.54 Å². The molecule has 0 amide bonds. The van der Waals surface area contributed by atoms with Crippen LogP contribution in [-0.2, 0) is 6.54 Å². The molecule has 5 nitrogen and oxygen atoms in total. The Balaban J connectivity index is 2.17. The second kappa shape index (κ2) is 5.18. The van der Waals surface area contributed by atoms with Gasteiger partial charge in [0.2, 0.25) is 0 Å². The molecule has 92 valence electrons. The molecule has 0 bridgehead atoms. The van der Waals surface area contributed by atoms with E-state index in [0.29, 0.717) is 17.9 Å². The molecule has 1 aromatic carbocycles. The lowest BCUT2D eigenvalue weighted by atomic mass is 10.1. The summed E-state index contributed by atoms with van der Waals surface area (Å²) >= 11 is 0. The van der Waals surface area contributed by atoms with Gasteiger partial charge in [-0.15, -0.1) is 0 Å². The van der Waals surface area contributed by atoms with Crippen LogP contribution in [0.4, 0.5) is 11.4 Å². The van der Waals surface area contributed by atoms with Gasteiger partial charge in [0.15, 0.2) is 0 Å². The minimum Gasteiger partial charge on any atom is -0.478 e. The molecule has 0 atom stereocenters. The van der Waals surface area contributed by atoms with E-state index < -0.39 is 5.97 Å². The molecule has 0 saturated heterocycles. The summed E-state index contributed by atoms with van der Waals surface area (Å²) in [5, 5.41) is 12.1.